The van der Waals surface area contributed by atoms with E-state index in [9.17, 15) is 0 Å². The fourth-order valence-electron chi connectivity index (χ4n) is 6.90. The lowest BCUT2D eigenvalue weighted by molar-refractivity contribution is -0.106. The van der Waals surface area contributed by atoms with Crippen molar-refractivity contribution < 1.29 is 9.53 Å². The number of aryl methyl sites for hydroxylation is 1. The molecular formula is C33H41N9O2. The Hall–Kier alpha value is -4.48. The van der Waals surface area contributed by atoms with Crippen molar-refractivity contribution in [1.29, 1.82) is 0 Å². The summed E-state index contributed by atoms with van der Waals surface area (Å²) < 4.78 is 10.3. The molecular weight excluding hydrogens is 554 g/mol. The Morgan fingerprint density at radius 1 is 0.932 bits per heavy atom. The molecule has 0 atom stereocenters. The third-order valence-electron chi connectivity index (χ3n) is 9.29. The van der Waals surface area contributed by atoms with E-state index < -0.39 is 0 Å². The number of benzene rings is 2. The van der Waals surface area contributed by atoms with E-state index in [1.165, 1.54) is 36.8 Å². The number of nitrogens with two attached hydrogens (primary N) is 2. The summed E-state index contributed by atoms with van der Waals surface area (Å²) in [5.41, 5.74) is 16.5. The summed E-state index contributed by atoms with van der Waals surface area (Å²) in [4.78, 5) is 22.7. The van der Waals surface area contributed by atoms with Crippen LogP contribution in [0.4, 0.5) is 5.82 Å². The number of fused-ring (bicyclic) bond motifs is 2. The van der Waals surface area contributed by atoms with E-state index in [0.29, 0.717) is 17.9 Å². The van der Waals surface area contributed by atoms with Crippen molar-refractivity contribution in [1.82, 2.24) is 34.1 Å². The number of nitrogens with zero attached hydrogens (tertiary/aromatic N) is 7. The normalized spacial score (nSPS) is 19.5. The van der Waals surface area contributed by atoms with Crippen LogP contribution in [0, 0.1) is 0 Å². The minimum absolute atomic E-state index is 0.250. The number of methoxy groups -OCH3 is 1. The fraction of sp³-hybridized carbons (Fsp3) is 0.394. The number of anilines is 1. The van der Waals surface area contributed by atoms with Gasteiger partial charge in [0.15, 0.2) is 5.65 Å². The molecule has 230 valence electrons. The first kappa shape index (κ1) is 29.6. The Morgan fingerprint density at radius 2 is 1.64 bits per heavy atom. The first-order chi connectivity index (χ1) is 21.4. The monoisotopic (exact) mass is 595 g/mol. The van der Waals surface area contributed by atoms with Gasteiger partial charge in [-0.05, 0) is 57.0 Å². The van der Waals surface area contributed by atoms with Gasteiger partial charge in [-0.3, -0.25) is 9.69 Å². The first-order valence-corrected chi connectivity index (χ1v) is 15.2. The molecule has 2 fully saturated rings. The molecule has 4 N–H and O–H groups in total. The summed E-state index contributed by atoms with van der Waals surface area (Å²) in [5.74, 6) is 1.25. The van der Waals surface area contributed by atoms with Crippen LogP contribution in [0.3, 0.4) is 0 Å². The van der Waals surface area contributed by atoms with E-state index in [0.717, 1.165) is 65.2 Å². The molecule has 0 radical (unpaired) electrons. The van der Waals surface area contributed by atoms with Crippen molar-refractivity contribution in [2.24, 2.45) is 12.8 Å². The number of carbonyl (C=O) groups excluding carboxylic acids is 1. The third kappa shape index (κ3) is 5.48. The molecule has 2 aliphatic rings. The number of primary amides is 1. The quantitative estimate of drug-likeness (QED) is 0.291. The zero-order chi connectivity index (χ0) is 30.8. The molecule has 1 saturated heterocycles. The Balaban J connectivity index is 0.00000110. The number of hydrogen-bond donors (Lipinski definition) is 2. The van der Waals surface area contributed by atoms with Crippen LogP contribution in [0.25, 0.3) is 44.5 Å². The molecule has 3 aromatic heterocycles. The molecule has 1 aliphatic carbocycles. The van der Waals surface area contributed by atoms with Gasteiger partial charge in [0.2, 0.25) is 6.41 Å². The molecule has 0 bridgehead atoms. The standard InChI is InChI=1S/C32H38N8O.CH3NO/c1-37-14-16-39(17-15-37)23-9-11-24(12-10-23)40-32-29(31(33)34-20-35-32)30(36-40)22-8-13-25(28(19-22)41-3)27-18-21-6-4-5-7-26(21)38(27)2;2-1-3/h4-8,13,18-20,23-24H,9-12,14-17H2,1-3H3,(H2,33,34,35);1H,(H2,2,3). The molecule has 11 heteroatoms. The summed E-state index contributed by atoms with van der Waals surface area (Å²) in [5, 5.41) is 7.19. The molecule has 5 aromatic rings. The highest BCUT2D eigenvalue weighted by Gasteiger charge is 2.31. The van der Waals surface area contributed by atoms with Crippen molar-refractivity contribution in [3.63, 3.8) is 0 Å². The average Bonchev–Trinajstić information content (AvgIpc) is 3.61. The lowest BCUT2D eigenvalue weighted by Crippen LogP contribution is -2.49. The molecule has 0 spiro atoms. The largest absolute Gasteiger partial charge is 0.496 e. The van der Waals surface area contributed by atoms with E-state index in [1.807, 2.05) is 0 Å². The topological polar surface area (TPSA) is 133 Å². The number of piperazine rings is 1. The van der Waals surface area contributed by atoms with Gasteiger partial charge in [-0.25, -0.2) is 14.6 Å². The Morgan fingerprint density at radius 3 is 2.34 bits per heavy atom. The van der Waals surface area contributed by atoms with Crippen molar-refractivity contribution in [3.8, 4) is 28.3 Å². The second kappa shape index (κ2) is 12.6. The molecule has 1 saturated carbocycles. The van der Waals surface area contributed by atoms with Crippen molar-refractivity contribution in [2.45, 2.75) is 37.8 Å². The van der Waals surface area contributed by atoms with Crippen LogP contribution < -0.4 is 16.2 Å². The first-order valence-electron chi connectivity index (χ1n) is 15.2. The fourth-order valence-corrected chi connectivity index (χ4v) is 6.90. The number of hydrogen-bond acceptors (Lipinski definition) is 8. The number of ether oxygens (including phenoxy) is 1. The molecule has 0 unspecified atom stereocenters. The Bertz CT molecular complexity index is 1760. The molecule has 1 amide bonds. The van der Waals surface area contributed by atoms with Crippen LogP contribution in [-0.4, -0.2) is 86.9 Å². The molecule has 44 heavy (non-hydrogen) atoms. The lowest BCUT2D eigenvalue weighted by atomic mass is 9.90. The number of carbonyl (C=O) groups is 1. The predicted molar refractivity (Wildman–Crippen MR) is 174 cm³/mol. The zero-order valence-electron chi connectivity index (χ0n) is 25.7. The zero-order valence-corrected chi connectivity index (χ0v) is 25.7. The van der Waals surface area contributed by atoms with Gasteiger partial charge in [0.1, 0.15) is 23.6 Å². The molecule has 1 aliphatic heterocycles. The summed E-state index contributed by atoms with van der Waals surface area (Å²) >= 11 is 0. The van der Waals surface area contributed by atoms with Crippen molar-refractivity contribution in [2.75, 3.05) is 46.1 Å². The van der Waals surface area contributed by atoms with Gasteiger partial charge in [0.05, 0.1) is 24.2 Å². The van der Waals surface area contributed by atoms with Gasteiger partial charge in [-0.2, -0.15) is 5.10 Å². The van der Waals surface area contributed by atoms with E-state index in [2.05, 4.69) is 97.4 Å². The van der Waals surface area contributed by atoms with Crippen LogP contribution in [0.5, 0.6) is 5.75 Å². The Kier molecular flexibility index (Phi) is 8.49. The summed E-state index contributed by atoms with van der Waals surface area (Å²) in [6.45, 7) is 4.65. The number of amides is 1. The van der Waals surface area contributed by atoms with Crippen LogP contribution in [0.1, 0.15) is 31.7 Å². The minimum atomic E-state index is 0.250. The van der Waals surface area contributed by atoms with Gasteiger partial charge in [-0.15, -0.1) is 0 Å². The highest BCUT2D eigenvalue weighted by molar-refractivity contribution is 5.99. The highest BCUT2D eigenvalue weighted by atomic mass is 16.5. The number of rotatable bonds is 5. The van der Waals surface area contributed by atoms with Gasteiger partial charge >= 0.3 is 0 Å². The maximum Gasteiger partial charge on any atom is 0.204 e. The van der Waals surface area contributed by atoms with Gasteiger partial charge < -0.3 is 25.7 Å². The lowest BCUT2D eigenvalue weighted by Gasteiger charge is -2.41. The maximum absolute atomic E-state index is 8.58. The molecule has 7 rings (SSSR count). The SMILES string of the molecule is COc1cc(-c2nn(C3CCC(N4CCN(C)CC4)CC3)c3ncnc(N)c23)ccc1-c1cc2ccccc2n1C.NC=O. The van der Waals surface area contributed by atoms with E-state index >= 15 is 0 Å². The molecule has 2 aromatic carbocycles. The van der Waals surface area contributed by atoms with Crippen LogP contribution in [0.15, 0.2) is 54.9 Å². The van der Waals surface area contributed by atoms with E-state index in [4.69, 9.17) is 20.4 Å². The number of aromatic nitrogens is 5. The molecule has 4 heterocycles. The highest BCUT2D eigenvalue weighted by Crippen LogP contribution is 2.40. The van der Waals surface area contributed by atoms with E-state index in [-0.39, 0.29) is 6.41 Å². The van der Waals surface area contributed by atoms with Crippen LogP contribution in [-0.2, 0) is 11.8 Å². The second-order valence-corrected chi connectivity index (χ2v) is 11.8. The summed E-state index contributed by atoms with van der Waals surface area (Å²) in [7, 11) is 6.03. The van der Waals surface area contributed by atoms with E-state index in [1.54, 1.807) is 13.4 Å². The summed E-state index contributed by atoms with van der Waals surface area (Å²) in [6.07, 6.45) is 6.33. The van der Waals surface area contributed by atoms with Crippen molar-refractivity contribution in [3.05, 3.63) is 54.9 Å². The van der Waals surface area contributed by atoms with Crippen LogP contribution in [0.2, 0.25) is 0 Å². The summed E-state index contributed by atoms with van der Waals surface area (Å²) in [6, 6.07) is 17.9. The predicted octanol–water partition coefficient (Wildman–Crippen LogP) is 4.08. The van der Waals surface area contributed by atoms with Gasteiger partial charge in [0.25, 0.3) is 0 Å². The molecule has 11 nitrogen and oxygen atoms in total. The van der Waals surface area contributed by atoms with Crippen LogP contribution >= 0.6 is 0 Å². The minimum Gasteiger partial charge on any atom is -0.496 e. The third-order valence-corrected chi connectivity index (χ3v) is 9.29. The van der Waals surface area contributed by atoms with Crippen molar-refractivity contribution >= 4 is 34.2 Å². The Labute approximate surface area is 257 Å². The number of nitrogen functional groups attached to an aromatic ring is 1. The average molecular weight is 596 g/mol. The smallest absolute Gasteiger partial charge is 0.204 e. The number of likely N-dealkylation sites (N-methyl/N-ethyl adjacent to an activating group) is 1. The van der Waals surface area contributed by atoms with Gasteiger partial charge in [-0.1, -0.05) is 24.3 Å². The maximum atomic E-state index is 8.58. The number of para-hydroxylation sites is 1. The van der Waals surface area contributed by atoms with Gasteiger partial charge in [0, 0.05) is 61.3 Å². The second-order valence-electron chi connectivity index (χ2n) is 11.8.